The molecule has 0 aromatic carbocycles. The Morgan fingerprint density at radius 1 is 1.41 bits per heavy atom. The van der Waals surface area contributed by atoms with E-state index in [0.29, 0.717) is 30.8 Å². The number of aromatic nitrogens is 2. The minimum Gasteiger partial charge on any atom is -0.392 e. The first-order valence-electron chi connectivity index (χ1n) is 8.01. The molecule has 5 nitrogen and oxygen atoms in total. The molecule has 1 saturated carbocycles. The molecule has 1 unspecified atom stereocenters. The van der Waals surface area contributed by atoms with Crippen LogP contribution in [0, 0.1) is 0 Å². The maximum Gasteiger partial charge on any atom is 0.241 e. The molecule has 1 aliphatic rings. The van der Waals surface area contributed by atoms with Crippen LogP contribution in [0.15, 0.2) is 22.0 Å². The molecule has 2 aromatic heterocycles. The lowest BCUT2D eigenvalue weighted by molar-refractivity contribution is 0.0689. The first-order chi connectivity index (χ1) is 10.7. The van der Waals surface area contributed by atoms with Crippen LogP contribution in [0.25, 0.3) is 10.7 Å². The molecule has 1 atom stereocenters. The van der Waals surface area contributed by atoms with E-state index < -0.39 is 0 Å². The SMILES string of the molecule is CC(O)CN(Cc1nc(-c2cccs2)no1)C1CCCCC1. The van der Waals surface area contributed by atoms with Gasteiger partial charge in [0.2, 0.25) is 11.7 Å². The predicted molar refractivity (Wildman–Crippen MR) is 86.6 cm³/mol. The van der Waals surface area contributed by atoms with Crippen molar-refractivity contribution < 1.29 is 9.63 Å². The molecule has 0 saturated heterocycles. The van der Waals surface area contributed by atoms with Crippen LogP contribution in [-0.2, 0) is 6.54 Å². The number of rotatable bonds is 6. The van der Waals surface area contributed by atoms with E-state index in [4.69, 9.17) is 4.52 Å². The third-order valence-electron chi connectivity index (χ3n) is 4.14. The van der Waals surface area contributed by atoms with E-state index in [-0.39, 0.29) is 6.10 Å². The van der Waals surface area contributed by atoms with Crippen LogP contribution >= 0.6 is 11.3 Å². The molecule has 6 heteroatoms. The Bertz CT molecular complexity index is 562. The fourth-order valence-corrected chi connectivity index (χ4v) is 3.78. The monoisotopic (exact) mass is 321 g/mol. The number of aliphatic hydroxyl groups excluding tert-OH is 1. The number of hydrogen-bond donors (Lipinski definition) is 1. The van der Waals surface area contributed by atoms with Crippen molar-refractivity contribution in [2.24, 2.45) is 0 Å². The molecule has 1 N–H and O–H groups in total. The summed E-state index contributed by atoms with van der Waals surface area (Å²) in [7, 11) is 0. The second kappa shape index (κ2) is 7.35. The summed E-state index contributed by atoms with van der Waals surface area (Å²) < 4.78 is 5.41. The van der Waals surface area contributed by atoms with Crippen molar-refractivity contribution in [3.05, 3.63) is 23.4 Å². The molecule has 0 bridgehead atoms. The van der Waals surface area contributed by atoms with Gasteiger partial charge in [-0.3, -0.25) is 4.90 Å². The van der Waals surface area contributed by atoms with Crippen LogP contribution in [0.2, 0.25) is 0 Å². The summed E-state index contributed by atoms with van der Waals surface area (Å²) >= 11 is 1.61. The third-order valence-corrected chi connectivity index (χ3v) is 5.00. The van der Waals surface area contributed by atoms with Gasteiger partial charge in [0.05, 0.1) is 17.5 Å². The van der Waals surface area contributed by atoms with E-state index in [2.05, 4.69) is 15.0 Å². The van der Waals surface area contributed by atoms with Gasteiger partial charge in [-0.2, -0.15) is 4.98 Å². The van der Waals surface area contributed by atoms with Gasteiger partial charge in [-0.15, -0.1) is 11.3 Å². The zero-order chi connectivity index (χ0) is 15.4. The topological polar surface area (TPSA) is 62.4 Å². The van der Waals surface area contributed by atoms with Gasteiger partial charge in [0, 0.05) is 12.6 Å². The fraction of sp³-hybridized carbons (Fsp3) is 0.625. The van der Waals surface area contributed by atoms with Gasteiger partial charge < -0.3 is 9.63 Å². The van der Waals surface area contributed by atoms with Crippen molar-refractivity contribution in [1.82, 2.24) is 15.0 Å². The molecule has 120 valence electrons. The zero-order valence-electron chi connectivity index (χ0n) is 12.9. The van der Waals surface area contributed by atoms with Gasteiger partial charge >= 0.3 is 0 Å². The van der Waals surface area contributed by atoms with Crippen LogP contribution in [0.1, 0.15) is 44.9 Å². The van der Waals surface area contributed by atoms with Crippen LogP contribution < -0.4 is 0 Å². The van der Waals surface area contributed by atoms with Crippen molar-refractivity contribution in [3.63, 3.8) is 0 Å². The smallest absolute Gasteiger partial charge is 0.241 e. The molecule has 0 radical (unpaired) electrons. The third kappa shape index (κ3) is 3.94. The van der Waals surface area contributed by atoms with Gasteiger partial charge in [0.25, 0.3) is 0 Å². The van der Waals surface area contributed by atoms with Crippen molar-refractivity contribution >= 4 is 11.3 Å². The second-order valence-corrected chi connectivity index (χ2v) is 7.01. The highest BCUT2D eigenvalue weighted by Crippen LogP contribution is 2.25. The zero-order valence-corrected chi connectivity index (χ0v) is 13.8. The highest BCUT2D eigenvalue weighted by Gasteiger charge is 2.24. The lowest BCUT2D eigenvalue weighted by Crippen LogP contribution is -2.40. The Balaban J connectivity index is 1.69. The van der Waals surface area contributed by atoms with E-state index in [0.717, 1.165) is 4.88 Å². The number of thiophene rings is 1. The normalized spacial score (nSPS) is 18.0. The molecule has 22 heavy (non-hydrogen) atoms. The highest BCUT2D eigenvalue weighted by atomic mass is 32.1. The number of aliphatic hydroxyl groups is 1. The second-order valence-electron chi connectivity index (χ2n) is 6.06. The predicted octanol–water partition coefficient (Wildman–Crippen LogP) is 3.31. The van der Waals surface area contributed by atoms with Crippen molar-refractivity contribution in [2.75, 3.05) is 6.54 Å². The number of nitrogens with zero attached hydrogens (tertiary/aromatic N) is 3. The lowest BCUT2D eigenvalue weighted by Gasteiger charge is -2.34. The maximum atomic E-state index is 9.78. The molecule has 2 heterocycles. The summed E-state index contributed by atoms with van der Waals surface area (Å²) in [6.07, 6.45) is 5.90. The molecule has 0 aliphatic heterocycles. The Kier molecular flexibility index (Phi) is 5.23. The maximum absolute atomic E-state index is 9.78. The van der Waals surface area contributed by atoms with Crippen LogP contribution in [0.4, 0.5) is 0 Å². The van der Waals surface area contributed by atoms with E-state index >= 15 is 0 Å². The summed E-state index contributed by atoms with van der Waals surface area (Å²) in [5.74, 6) is 1.29. The van der Waals surface area contributed by atoms with Crippen molar-refractivity contribution in [1.29, 1.82) is 0 Å². The molecule has 1 fully saturated rings. The molecular weight excluding hydrogens is 298 g/mol. The Morgan fingerprint density at radius 3 is 2.91 bits per heavy atom. The Hall–Kier alpha value is -1.24. The molecule has 0 amide bonds. The van der Waals surface area contributed by atoms with Crippen LogP contribution in [-0.4, -0.2) is 38.8 Å². The van der Waals surface area contributed by atoms with Crippen molar-refractivity contribution in [3.8, 4) is 10.7 Å². The van der Waals surface area contributed by atoms with Crippen molar-refractivity contribution in [2.45, 2.75) is 57.7 Å². The Labute approximate surface area is 135 Å². The minimum atomic E-state index is -0.346. The largest absolute Gasteiger partial charge is 0.392 e. The van der Waals surface area contributed by atoms with Gasteiger partial charge in [-0.05, 0) is 31.2 Å². The lowest BCUT2D eigenvalue weighted by atomic mass is 9.94. The minimum absolute atomic E-state index is 0.346. The fourth-order valence-electron chi connectivity index (χ4n) is 3.13. The standard InChI is InChI=1S/C16H23N3O2S/c1-12(20)10-19(13-6-3-2-4-7-13)11-15-17-16(18-21-15)14-8-5-9-22-14/h5,8-9,12-13,20H,2-4,6-7,10-11H2,1H3. The van der Waals surface area contributed by atoms with Gasteiger partial charge in [0.15, 0.2) is 0 Å². The van der Waals surface area contributed by atoms with E-state index in [1.807, 2.05) is 24.4 Å². The molecule has 3 rings (SSSR count). The van der Waals surface area contributed by atoms with E-state index in [1.54, 1.807) is 11.3 Å². The first kappa shape index (κ1) is 15.6. The van der Waals surface area contributed by atoms with Gasteiger partial charge in [-0.25, -0.2) is 0 Å². The average Bonchev–Trinajstić information content (AvgIpc) is 3.18. The molecule has 0 spiro atoms. The summed E-state index contributed by atoms with van der Waals surface area (Å²) in [5, 5.41) is 15.9. The molecule has 1 aliphatic carbocycles. The summed E-state index contributed by atoms with van der Waals surface area (Å²) in [6, 6.07) is 4.49. The average molecular weight is 321 g/mol. The summed E-state index contributed by atoms with van der Waals surface area (Å²) in [5.41, 5.74) is 0. The van der Waals surface area contributed by atoms with Crippen LogP contribution in [0.3, 0.4) is 0 Å². The van der Waals surface area contributed by atoms with Gasteiger partial charge in [-0.1, -0.05) is 30.5 Å². The molecular formula is C16H23N3O2S. The van der Waals surface area contributed by atoms with E-state index in [9.17, 15) is 5.11 Å². The summed E-state index contributed by atoms with van der Waals surface area (Å²) in [4.78, 5) is 7.83. The first-order valence-corrected chi connectivity index (χ1v) is 8.89. The van der Waals surface area contributed by atoms with Gasteiger partial charge in [0.1, 0.15) is 0 Å². The Morgan fingerprint density at radius 2 is 2.23 bits per heavy atom. The number of hydrogen-bond acceptors (Lipinski definition) is 6. The van der Waals surface area contributed by atoms with Crippen LogP contribution in [0.5, 0.6) is 0 Å². The quantitative estimate of drug-likeness (QED) is 0.884. The molecule has 2 aromatic rings. The van der Waals surface area contributed by atoms with E-state index in [1.165, 1.54) is 32.1 Å². The summed E-state index contributed by atoms with van der Waals surface area (Å²) in [6.45, 7) is 3.11. The highest BCUT2D eigenvalue weighted by molar-refractivity contribution is 7.13.